The Kier molecular flexibility index (Phi) is 4.61. The summed E-state index contributed by atoms with van der Waals surface area (Å²) < 4.78 is 4.80. The van der Waals surface area contributed by atoms with E-state index < -0.39 is 0 Å². The van der Waals surface area contributed by atoms with Gasteiger partial charge < -0.3 is 4.74 Å². The lowest BCUT2D eigenvalue weighted by Gasteiger charge is -2.05. The number of benzene rings is 1. The first-order valence-electron chi connectivity index (χ1n) is 5.14. The summed E-state index contributed by atoms with van der Waals surface area (Å²) in [6, 6.07) is 10.0. The summed E-state index contributed by atoms with van der Waals surface area (Å²) in [7, 11) is 0. The van der Waals surface area contributed by atoms with Crippen LogP contribution in [-0.2, 0) is 9.53 Å². The molecule has 0 aliphatic rings. The maximum absolute atomic E-state index is 11.1. The van der Waals surface area contributed by atoms with Crippen molar-refractivity contribution in [2.24, 2.45) is 0 Å². The van der Waals surface area contributed by atoms with E-state index in [0.29, 0.717) is 6.61 Å². The topological polar surface area (TPSA) is 26.3 Å². The minimum atomic E-state index is -0.278. The Bertz CT molecular complexity index is 328. The fourth-order valence-corrected chi connectivity index (χ4v) is 1.28. The average molecular weight is 204 g/mol. The van der Waals surface area contributed by atoms with E-state index in [2.05, 4.69) is 0 Å². The van der Waals surface area contributed by atoms with Gasteiger partial charge in [0.2, 0.25) is 0 Å². The van der Waals surface area contributed by atoms with Crippen molar-refractivity contribution in [3.05, 3.63) is 48.0 Å². The Labute approximate surface area is 90.6 Å². The zero-order chi connectivity index (χ0) is 11.1. The third-order valence-corrected chi connectivity index (χ3v) is 2.13. The molecule has 15 heavy (non-hydrogen) atoms. The van der Waals surface area contributed by atoms with Crippen LogP contribution in [0.5, 0.6) is 0 Å². The predicted molar refractivity (Wildman–Crippen MR) is 60.6 cm³/mol. The largest absolute Gasteiger partial charge is 0.463 e. The molecule has 1 aromatic rings. The maximum Gasteiger partial charge on any atom is 0.330 e. The van der Waals surface area contributed by atoms with Gasteiger partial charge in [-0.2, -0.15) is 0 Å². The van der Waals surface area contributed by atoms with Crippen molar-refractivity contribution in [1.29, 1.82) is 0 Å². The molecular weight excluding hydrogens is 188 g/mol. The van der Waals surface area contributed by atoms with E-state index in [0.717, 1.165) is 0 Å². The van der Waals surface area contributed by atoms with E-state index in [1.54, 1.807) is 6.92 Å². The van der Waals surface area contributed by atoms with Gasteiger partial charge in [0.15, 0.2) is 0 Å². The van der Waals surface area contributed by atoms with Gasteiger partial charge in [0.05, 0.1) is 6.61 Å². The smallest absolute Gasteiger partial charge is 0.330 e. The van der Waals surface area contributed by atoms with Crippen molar-refractivity contribution >= 4 is 5.97 Å². The number of carbonyl (C=O) groups is 1. The lowest BCUT2D eigenvalue weighted by atomic mass is 10.0. The fraction of sp³-hybridized carbons (Fsp3) is 0.308. The van der Waals surface area contributed by atoms with Crippen LogP contribution in [0.2, 0.25) is 0 Å². The molecule has 2 nitrogen and oxygen atoms in total. The standard InChI is InChI=1S/C13H16O2/c1-3-15-13(14)10-9-11(2)12-7-5-4-6-8-12/h4-11H,3H2,1-2H3. The molecule has 0 saturated heterocycles. The van der Waals surface area contributed by atoms with Gasteiger partial charge in [0.25, 0.3) is 0 Å². The quantitative estimate of drug-likeness (QED) is 0.557. The SMILES string of the molecule is CCOC(=O)C=CC(C)c1ccccc1. The van der Waals surface area contributed by atoms with E-state index in [1.807, 2.05) is 43.3 Å². The summed E-state index contributed by atoms with van der Waals surface area (Å²) in [5.41, 5.74) is 1.19. The molecule has 80 valence electrons. The highest BCUT2D eigenvalue weighted by molar-refractivity contribution is 5.82. The molecular formula is C13H16O2. The van der Waals surface area contributed by atoms with Crippen molar-refractivity contribution in [3.63, 3.8) is 0 Å². The van der Waals surface area contributed by atoms with Gasteiger partial charge in [0, 0.05) is 6.08 Å². The molecule has 0 aromatic heterocycles. The highest BCUT2D eigenvalue weighted by atomic mass is 16.5. The van der Waals surface area contributed by atoms with E-state index in [9.17, 15) is 4.79 Å². The molecule has 1 rings (SSSR count). The molecule has 0 fully saturated rings. The molecule has 0 aliphatic carbocycles. The predicted octanol–water partition coefficient (Wildman–Crippen LogP) is 2.91. The summed E-state index contributed by atoms with van der Waals surface area (Å²) >= 11 is 0. The number of carbonyl (C=O) groups excluding carboxylic acids is 1. The molecule has 0 N–H and O–H groups in total. The summed E-state index contributed by atoms with van der Waals surface area (Å²) in [5, 5.41) is 0. The molecule has 1 unspecified atom stereocenters. The Morgan fingerprint density at radius 3 is 2.67 bits per heavy atom. The van der Waals surface area contributed by atoms with E-state index >= 15 is 0 Å². The Hall–Kier alpha value is -1.57. The third-order valence-electron chi connectivity index (χ3n) is 2.13. The monoisotopic (exact) mass is 204 g/mol. The van der Waals surface area contributed by atoms with Crippen molar-refractivity contribution < 1.29 is 9.53 Å². The molecule has 0 heterocycles. The van der Waals surface area contributed by atoms with Crippen LogP contribution < -0.4 is 0 Å². The van der Waals surface area contributed by atoms with Gasteiger partial charge in [-0.05, 0) is 18.4 Å². The summed E-state index contributed by atoms with van der Waals surface area (Å²) in [6.45, 7) is 4.26. The Balaban J connectivity index is 2.56. The second-order valence-electron chi connectivity index (χ2n) is 3.31. The van der Waals surface area contributed by atoms with Crippen molar-refractivity contribution in [2.45, 2.75) is 19.8 Å². The van der Waals surface area contributed by atoms with Gasteiger partial charge in [-0.3, -0.25) is 0 Å². The molecule has 2 heteroatoms. The first-order chi connectivity index (χ1) is 7.24. The minimum absolute atomic E-state index is 0.232. The van der Waals surface area contributed by atoms with E-state index in [1.165, 1.54) is 11.6 Å². The van der Waals surface area contributed by atoms with Crippen LogP contribution >= 0.6 is 0 Å². The Morgan fingerprint density at radius 1 is 1.40 bits per heavy atom. The number of ether oxygens (including phenoxy) is 1. The summed E-state index contributed by atoms with van der Waals surface area (Å²) in [4.78, 5) is 11.1. The van der Waals surface area contributed by atoms with Crippen molar-refractivity contribution in [2.75, 3.05) is 6.61 Å². The van der Waals surface area contributed by atoms with E-state index in [-0.39, 0.29) is 11.9 Å². The van der Waals surface area contributed by atoms with Crippen LogP contribution in [-0.4, -0.2) is 12.6 Å². The van der Waals surface area contributed by atoms with Crippen molar-refractivity contribution in [3.8, 4) is 0 Å². The van der Waals surface area contributed by atoms with Crippen molar-refractivity contribution in [1.82, 2.24) is 0 Å². The minimum Gasteiger partial charge on any atom is -0.463 e. The van der Waals surface area contributed by atoms with Crippen LogP contribution in [0.3, 0.4) is 0 Å². The zero-order valence-electron chi connectivity index (χ0n) is 9.14. The molecule has 0 spiro atoms. The van der Waals surface area contributed by atoms with Crippen LogP contribution in [0.25, 0.3) is 0 Å². The number of esters is 1. The summed E-state index contributed by atoms with van der Waals surface area (Å²) in [5.74, 6) is -0.0455. The highest BCUT2D eigenvalue weighted by Gasteiger charge is 2.01. The van der Waals surface area contributed by atoms with Crippen LogP contribution in [0.1, 0.15) is 25.3 Å². The second kappa shape index (κ2) is 6.02. The first kappa shape index (κ1) is 11.5. The van der Waals surface area contributed by atoms with Gasteiger partial charge >= 0.3 is 5.97 Å². The average Bonchev–Trinajstić information content (AvgIpc) is 2.27. The lowest BCUT2D eigenvalue weighted by Crippen LogP contribution is -2.00. The van der Waals surface area contributed by atoms with E-state index in [4.69, 9.17) is 4.74 Å². The molecule has 0 bridgehead atoms. The van der Waals surface area contributed by atoms with Gasteiger partial charge in [-0.15, -0.1) is 0 Å². The van der Waals surface area contributed by atoms with Crippen LogP contribution in [0.4, 0.5) is 0 Å². The maximum atomic E-state index is 11.1. The molecule has 0 amide bonds. The molecule has 0 radical (unpaired) electrons. The number of rotatable bonds is 4. The zero-order valence-corrected chi connectivity index (χ0v) is 9.14. The van der Waals surface area contributed by atoms with Gasteiger partial charge in [-0.25, -0.2) is 4.79 Å². The number of hydrogen-bond acceptors (Lipinski definition) is 2. The molecule has 1 aromatic carbocycles. The molecule has 1 atom stereocenters. The van der Waals surface area contributed by atoms with Crippen LogP contribution in [0, 0.1) is 0 Å². The molecule has 0 saturated carbocycles. The normalized spacial score (nSPS) is 12.7. The number of allylic oxidation sites excluding steroid dienone is 1. The first-order valence-corrected chi connectivity index (χ1v) is 5.14. The second-order valence-corrected chi connectivity index (χ2v) is 3.31. The fourth-order valence-electron chi connectivity index (χ4n) is 1.28. The third kappa shape index (κ3) is 3.98. The van der Waals surface area contributed by atoms with Gasteiger partial charge in [-0.1, -0.05) is 43.3 Å². The number of hydrogen-bond donors (Lipinski definition) is 0. The van der Waals surface area contributed by atoms with Crippen LogP contribution in [0.15, 0.2) is 42.5 Å². The Morgan fingerprint density at radius 2 is 2.07 bits per heavy atom. The van der Waals surface area contributed by atoms with Gasteiger partial charge in [0.1, 0.15) is 0 Å². The molecule has 0 aliphatic heterocycles. The lowest BCUT2D eigenvalue weighted by molar-refractivity contribution is -0.137. The summed E-state index contributed by atoms with van der Waals surface area (Å²) in [6.07, 6.45) is 3.34. The highest BCUT2D eigenvalue weighted by Crippen LogP contribution is 2.15.